The number of nitro groups is 1. The van der Waals surface area contributed by atoms with Crippen molar-refractivity contribution in [3.8, 4) is 0 Å². The average Bonchev–Trinajstić information content (AvgIpc) is 2.73. The number of cyclic esters (lactones) is 1. The van der Waals surface area contributed by atoms with Gasteiger partial charge in [0.1, 0.15) is 12.6 Å². The van der Waals surface area contributed by atoms with Gasteiger partial charge in [0.15, 0.2) is 5.02 Å². The van der Waals surface area contributed by atoms with Crippen LogP contribution in [0.1, 0.15) is 0 Å². The third-order valence-corrected chi connectivity index (χ3v) is 2.28. The molecule has 1 aliphatic heterocycles. The highest BCUT2D eigenvalue weighted by molar-refractivity contribution is 6.32. The maximum Gasteiger partial charge on any atom is 0.408 e. The minimum Gasteiger partial charge on any atom is -0.442 e. The van der Waals surface area contributed by atoms with Gasteiger partial charge in [-0.2, -0.15) is 4.68 Å². The topological polar surface area (TPSA) is 99.3 Å². The van der Waals surface area contributed by atoms with Crippen molar-refractivity contribution in [3.63, 3.8) is 0 Å². The van der Waals surface area contributed by atoms with Crippen molar-refractivity contribution in [1.82, 2.24) is 15.1 Å². The summed E-state index contributed by atoms with van der Waals surface area (Å²) in [6.07, 6.45) is 0.437. The van der Waals surface area contributed by atoms with Crippen LogP contribution < -0.4 is 5.32 Å². The molecule has 1 aromatic rings. The van der Waals surface area contributed by atoms with E-state index >= 15 is 0 Å². The molecule has 0 aliphatic carbocycles. The van der Waals surface area contributed by atoms with E-state index < -0.39 is 16.8 Å². The fourth-order valence-electron chi connectivity index (χ4n) is 1.35. The summed E-state index contributed by atoms with van der Waals surface area (Å²) in [6, 6.07) is 0. The number of nitrogens with zero attached hydrogens (tertiary/aromatic N) is 3. The Morgan fingerprint density at radius 3 is 3.06 bits per heavy atom. The molecule has 1 aliphatic rings. The van der Waals surface area contributed by atoms with Gasteiger partial charge >= 0.3 is 11.9 Å². The lowest BCUT2D eigenvalue weighted by molar-refractivity contribution is -0.389. The SMILES string of the molecule is O=C1NCC(Cn2cc(Cl)c([N+](=O)[O-])n2)O1. The van der Waals surface area contributed by atoms with E-state index in [0.29, 0.717) is 6.54 Å². The standard InChI is InChI=1S/C7H7ClN4O4/c8-5-3-11(10-6(5)12(14)15)2-4-1-9-7(13)16-4/h3-4H,1-2H2,(H,9,13). The number of nitrogens with one attached hydrogen (secondary N) is 1. The molecule has 2 heterocycles. The maximum absolute atomic E-state index is 10.7. The molecule has 0 aromatic carbocycles. The van der Waals surface area contributed by atoms with Crippen molar-refractivity contribution < 1.29 is 14.5 Å². The number of carbonyl (C=O) groups is 1. The Balaban J connectivity index is 2.07. The van der Waals surface area contributed by atoms with Crippen LogP contribution in [0.2, 0.25) is 5.02 Å². The summed E-state index contributed by atoms with van der Waals surface area (Å²) in [5, 5.41) is 16.6. The van der Waals surface area contributed by atoms with Crippen molar-refractivity contribution in [1.29, 1.82) is 0 Å². The van der Waals surface area contributed by atoms with E-state index in [0.717, 1.165) is 0 Å². The van der Waals surface area contributed by atoms with Gasteiger partial charge in [0.05, 0.1) is 17.8 Å². The second kappa shape index (κ2) is 3.97. The van der Waals surface area contributed by atoms with Crippen LogP contribution in [0.3, 0.4) is 0 Å². The lowest BCUT2D eigenvalue weighted by Gasteiger charge is -2.03. The van der Waals surface area contributed by atoms with Crippen LogP contribution >= 0.6 is 11.6 Å². The monoisotopic (exact) mass is 246 g/mol. The summed E-state index contributed by atoms with van der Waals surface area (Å²) in [4.78, 5) is 20.5. The van der Waals surface area contributed by atoms with Crippen molar-refractivity contribution in [3.05, 3.63) is 21.3 Å². The minimum atomic E-state index is -0.669. The number of aromatic nitrogens is 2. The highest BCUT2D eigenvalue weighted by Crippen LogP contribution is 2.21. The normalized spacial score (nSPS) is 19.3. The molecule has 8 nitrogen and oxygen atoms in total. The molecule has 0 spiro atoms. The zero-order chi connectivity index (χ0) is 11.7. The molecule has 1 aromatic heterocycles. The van der Waals surface area contributed by atoms with Crippen molar-refractivity contribution in [2.75, 3.05) is 6.54 Å². The summed E-state index contributed by atoms with van der Waals surface area (Å²) in [5.41, 5.74) is 0. The first-order chi connectivity index (χ1) is 7.56. The molecule has 1 N–H and O–H groups in total. The molecular formula is C7H7ClN4O4. The van der Waals surface area contributed by atoms with Crippen LogP contribution in [0.15, 0.2) is 6.20 Å². The van der Waals surface area contributed by atoms with Crippen molar-refractivity contribution >= 4 is 23.5 Å². The Hall–Kier alpha value is -1.83. The second-order valence-corrected chi connectivity index (χ2v) is 3.60. The van der Waals surface area contributed by atoms with E-state index in [9.17, 15) is 14.9 Å². The highest BCUT2D eigenvalue weighted by Gasteiger charge is 2.26. The average molecular weight is 247 g/mol. The van der Waals surface area contributed by atoms with Gasteiger partial charge in [-0.3, -0.25) is 0 Å². The summed E-state index contributed by atoms with van der Waals surface area (Å²) in [7, 11) is 0. The maximum atomic E-state index is 10.7. The van der Waals surface area contributed by atoms with E-state index in [-0.39, 0.29) is 17.7 Å². The number of alkyl carbamates (subject to hydrolysis) is 1. The number of hydrogen-bond acceptors (Lipinski definition) is 5. The number of rotatable bonds is 3. The smallest absolute Gasteiger partial charge is 0.408 e. The number of ether oxygens (including phenoxy) is 1. The fraction of sp³-hybridized carbons (Fsp3) is 0.429. The number of amides is 1. The van der Waals surface area contributed by atoms with Crippen molar-refractivity contribution in [2.45, 2.75) is 12.6 Å². The minimum absolute atomic E-state index is 0.0396. The van der Waals surface area contributed by atoms with E-state index in [4.69, 9.17) is 16.3 Å². The molecule has 1 fully saturated rings. The van der Waals surface area contributed by atoms with Gasteiger partial charge in [-0.15, -0.1) is 0 Å². The Labute approximate surface area is 94.3 Å². The number of halogens is 1. The first kappa shape index (κ1) is 10.7. The predicted molar refractivity (Wildman–Crippen MR) is 52.2 cm³/mol. The van der Waals surface area contributed by atoms with Gasteiger partial charge in [0.25, 0.3) is 0 Å². The van der Waals surface area contributed by atoms with Crippen LogP contribution in [0.4, 0.5) is 10.6 Å². The lowest BCUT2D eigenvalue weighted by Crippen LogP contribution is -2.20. The third-order valence-electron chi connectivity index (χ3n) is 2.01. The fourth-order valence-corrected chi connectivity index (χ4v) is 1.57. The van der Waals surface area contributed by atoms with Gasteiger partial charge < -0.3 is 20.2 Å². The molecule has 1 unspecified atom stereocenters. The van der Waals surface area contributed by atoms with Gasteiger partial charge in [-0.05, 0) is 4.92 Å². The summed E-state index contributed by atoms with van der Waals surface area (Å²) >= 11 is 5.61. The van der Waals surface area contributed by atoms with Gasteiger partial charge in [-0.1, -0.05) is 11.6 Å². The molecule has 9 heteroatoms. The van der Waals surface area contributed by atoms with Crippen LogP contribution in [0.5, 0.6) is 0 Å². The molecule has 16 heavy (non-hydrogen) atoms. The van der Waals surface area contributed by atoms with E-state index in [1.54, 1.807) is 0 Å². The Morgan fingerprint density at radius 1 is 1.81 bits per heavy atom. The van der Waals surface area contributed by atoms with Gasteiger partial charge in [0.2, 0.25) is 0 Å². The molecule has 0 saturated carbocycles. The number of hydrogen-bond donors (Lipinski definition) is 1. The Bertz CT molecular complexity index is 446. The summed E-state index contributed by atoms with van der Waals surface area (Å²) < 4.78 is 6.13. The van der Waals surface area contributed by atoms with Crippen LogP contribution in [-0.2, 0) is 11.3 Å². The van der Waals surface area contributed by atoms with Crippen LogP contribution in [-0.4, -0.2) is 33.4 Å². The van der Waals surface area contributed by atoms with E-state index in [1.165, 1.54) is 10.9 Å². The molecule has 1 saturated heterocycles. The molecular weight excluding hydrogens is 240 g/mol. The Morgan fingerprint density at radius 2 is 2.56 bits per heavy atom. The van der Waals surface area contributed by atoms with Crippen LogP contribution in [0.25, 0.3) is 0 Å². The number of carbonyl (C=O) groups excluding carboxylic acids is 1. The van der Waals surface area contributed by atoms with Crippen LogP contribution in [0, 0.1) is 10.1 Å². The predicted octanol–water partition coefficient (Wildman–Crippen LogP) is 0.553. The zero-order valence-corrected chi connectivity index (χ0v) is 8.68. The zero-order valence-electron chi connectivity index (χ0n) is 7.92. The largest absolute Gasteiger partial charge is 0.442 e. The van der Waals surface area contributed by atoms with Crippen molar-refractivity contribution in [2.24, 2.45) is 0 Å². The Kier molecular flexibility index (Phi) is 2.65. The first-order valence-corrected chi connectivity index (χ1v) is 4.76. The molecule has 1 amide bonds. The molecule has 0 radical (unpaired) electrons. The van der Waals surface area contributed by atoms with E-state index in [1.807, 2.05) is 0 Å². The third kappa shape index (κ3) is 2.06. The van der Waals surface area contributed by atoms with Gasteiger partial charge in [0, 0.05) is 0 Å². The lowest BCUT2D eigenvalue weighted by atomic mass is 10.4. The molecule has 86 valence electrons. The summed E-state index contributed by atoms with van der Waals surface area (Å²) in [6.45, 7) is 0.580. The highest BCUT2D eigenvalue weighted by atomic mass is 35.5. The summed E-state index contributed by atoms with van der Waals surface area (Å²) in [5.74, 6) is -0.404. The van der Waals surface area contributed by atoms with E-state index in [2.05, 4.69) is 10.4 Å². The molecule has 0 bridgehead atoms. The second-order valence-electron chi connectivity index (χ2n) is 3.19. The first-order valence-electron chi connectivity index (χ1n) is 4.38. The molecule has 1 atom stereocenters. The van der Waals surface area contributed by atoms with Gasteiger partial charge in [-0.25, -0.2) is 4.79 Å². The quantitative estimate of drug-likeness (QED) is 0.620. The molecule has 2 rings (SSSR count).